The minimum absolute atomic E-state index is 0.0145. The lowest BCUT2D eigenvalue weighted by molar-refractivity contribution is -0.115. The number of rotatable bonds is 9. The number of anilines is 1. The molecule has 0 spiro atoms. The smallest absolute Gasteiger partial charge is 0.270 e. The Kier molecular flexibility index (Phi) is 9.51. The first-order valence-corrected chi connectivity index (χ1v) is 12.5. The Labute approximate surface area is 204 Å². The van der Waals surface area contributed by atoms with Crippen LogP contribution in [-0.4, -0.2) is 41.6 Å². The number of amides is 1. The van der Waals surface area contributed by atoms with E-state index in [-0.39, 0.29) is 17.7 Å². The van der Waals surface area contributed by atoms with Crippen molar-refractivity contribution in [1.82, 2.24) is 14.8 Å². The van der Waals surface area contributed by atoms with Crippen LogP contribution in [0.25, 0.3) is 11.8 Å². The Morgan fingerprint density at radius 1 is 1.29 bits per heavy atom. The molecule has 1 fully saturated rings. The summed E-state index contributed by atoms with van der Waals surface area (Å²) in [6, 6.07) is 10.1. The molecule has 1 aliphatic rings. The third-order valence-corrected chi connectivity index (χ3v) is 6.94. The molecule has 0 unspecified atom stereocenters. The van der Waals surface area contributed by atoms with E-state index in [2.05, 4.69) is 33.6 Å². The molecule has 1 aliphatic heterocycles. The molecule has 1 aromatic heterocycles. The highest BCUT2D eigenvalue weighted by Gasteiger charge is 2.14. The highest BCUT2D eigenvalue weighted by molar-refractivity contribution is 7.07. The fraction of sp³-hybridized carbons (Fsp3) is 0.423. The summed E-state index contributed by atoms with van der Waals surface area (Å²) < 4.78 is 2.18. The molecule has 8 heteroatoms. The number of nitrogens with one attached hydrogen (secondary N) is 2. The van der Waals surface area contributed by atoms with Crippen molar-refractivity contribution in [3.05, 3.63) is 49.4 Å². The molecule has 34 heavy (non-hydrogen) atoms. The average molecular weight is 478 g/mol. The number of likely N-dealkylation sites (tertiary alicyclic amines) is 1. The molecule has 7 nitrogen and oxygen atoms in total. The summed E-state index contributed by atoms with van der Waals surface area (Å²) in [5.74, 6) is 1.73. The summed E-state index contributed by atoms with van der Waals surface area (Å²) >= 11 is 1.11. The maximum absolute atomic E-state index is 12.9. The summed E-state index contributed by atoms with van der Waals surface area (Å²) in [5, 5.41) is 15.2. The lowest BCUT2D eigenvalue weighted by Gasteiger charge is -2.26. The normalized spacial score (nSPS) is 15.3. The van der Waals surface area contributed by atoms with Gasteiger partial charge in [0, 0.05) is 18.4 Å². The molecule has 178 valence electrons. The molecule has 1 amide bonds. The van der Waals surface area contributed by atoms with Gasteiger partial charge >= 0.3 is 0 Å². The predicted molar refractivity (Wildman–Crippen MR) is 138 cm³/mol. The van der Waals surface area contributed by atoms with Crippen molar-refractivity contribution in [3.63, 3.8) is 0 Å². The Morgan fingerprint density at radius 3 is 2.79 bits per heavy atom. The Bertz CT molecular complexity index is 1260. The zero-order chi connectivity index (χ0) is 24.3. The van der Waals surface area contributed by atoms with Crippen LogP contribution in [0.3, 0.4) is 0 Å². The van der Waals surface area contributed by atoms with E-state index in [0.29, 0.717) is 15.7 Å². The van der Waals surface area contributed by atoms with Gasteiger partial charge in [-0.05, 0) is 69.9 Å². The van der Waals surface area contributed by atoms with Gasteiger partial charge in [-0.15, -0.1) is 17.8 Å². The van der Waals surface area contributed by atoms with Gasteiger partial charge in [0.25, 0.3) is 11.5 Å². The highest BCUT2D eigenvalue weighted by atomic mass is 32.1. The second-order valence-electron chi connectivity index (χ2n) is 8.19. The maximum Gasteiger partial charge on any atom is 0.270 e. The van der Waals surface area contributed by atoms with Crippen molar-refractivity contribution in [1.29, 1.82) is 5.26 Å². The number of thiazole rings is 1. The van der Waals surface area contributed by atoms with E-state index in [0.717, 1.165) is 36.4 Å². The summed E-state index contributed by atoms with van der Waals surface area (Å²) in [7, 11) is 0. The summed E-state index contributed by atoms with van der Waals surface area (Å²) in [4.78, 5) is 27.7. The molecule has 0 bridgehead atoms. The van der Waals surface area contributed by atoms with E-state index in [9.17, 15) is 14.9 Å². The van der Waals surface area contributed by atoms with Crippen molar-refractivity contribution in [3.8, 4) is 18.4 Å². The van der Waals surface area contributed by atoms with Crippen LogP contribution in [-0.2, 0) is 17.8 Å². The van der Waals surface area contributed by atoms with Crippen LogP contribution >= 0.6 is 11.3 Å². The third kappa shape index (κ3) is 6.60. The molecule has 2 N–H and O–H groups in total. The van der Waals surface area contributed by atoms with Crippen molar-refractivity contribution >= 4 is 34.7 Å². The fourth-order valence-corrected chi connectivity index (χ4v) is 5.15. The molecule has 0 atom stereocenters. The van der Waals surface area contributed by atoms with Crippen LogP contribution in [0.5, 0.6) is 0 Å². The maximum atomic E-state index is 12.9. The van der Waals surface area contributed by atoms with E-state index >= 15 is 0 Å². The second-order valence-corrected chi connectivity index (χ2v) is 9.22. The van der Waals surface area contributed by atoms with Gasteiger partial charge in [0.15, 0.2) is 5.57 Å². The average Bonchev–Trinajstić information content (AvgIpc) is 3.17. The van der Waals surface area contributed by atoms with E-state index in [4.69, 9.17) is 6.42 Å². The minimum atomic E-state index is -0.583. The molecule has 0 radical (unpaired) electrons. The van der Waals surface area contributed by atoms with Crippen molar-refractivity contribution in [2.75, 3.05) is 31.5 Å². The van der Waals surface area contributed by atoms with Crippen LogP contribution in [0, 0.1) is 23.7 Å². The van der Waals surface area contributed by atoms with E-state index in [1.807, 2.05) is 18.2 Å². The SMILES string of the molecule is C#CCNC(=O)C(C#N)=c1sc(=CNc2cccc(CCCN3CCCCC3)c2)c(=O)n1CC. The molecular weight excluding hydrogens is 446 g/mol. The van der Waals surface area contributed by atoms with Crippen LogP contribution in [0.4, 0.5) is 5.69 Å². The molecule has 1 saturated heterocycles. The number of hydrogen-bond acceptors (Lipinski definition) is 6. The standard InChI is InChI=1S/C26H31N5O2S/c1-3-13-28-24(32)22(18-27)26-31(4-2)25(33)23(34-26)19-29-21-12-8-10-20(17-21)11-9-16-30-14-6-5-7-15-30/h1,8,10,12,17,19,29H,4-7,9,11,13-16H2,2H3,(H,28,32). The van der Waals surface area contributed by atoms with Gasteiger partial charge < -0.3 is 15.5 Å². The number of nitrogens with zero attached hydrogens (tertiary/aromatic N) is 3. The van der Waals surface area contributed by atoms with Crippen LogP contribution in [0.2, 0.25) is 0 Å². The third-order valence-electron chi connectivity index (χ3n) is 5.81. The Balaban J connectivity index is 1.76. The topological polar surface area (TPSA) is 90.2 Å². The van der Waals surface area contributed by atoms with Crippen molar-refractivity contribution < 1.29 is 4.79 Å². The Morgan fingerprint density at radius 2 is 2.09 bits per heavy atom. The predicted octanol–water partition coefficient (Wildman–Crippen LogP) is 1.62. The van der Waals surface area contributed by atoms with E-state index in [1.165, 1.54) is 42.5 Å². The van der Waals surface area contributed by atoms with Crippen LogP contribution in [0.1, 0.15) is 38.2 Å². The minimum Gasteiger partial charge on any atom is -0.360 e. The van der Waals surface area contributed by atoms with Gasteiger partial charge in [-0.2, -0.15) is 5.26 Å². The Hall–Kier alpha value is -3.33. The van der Waals surface area contributed by atoms with Gasteiger partial charge in [0.2, 0.25) is 0 Å². The quantitative estimate of drug-likeness (QED) is 0.536. The first kappa shape index (κ1) is 25.3. The lowest BCUT2D eigenvalue weighted by Crippen LogP contribution is -2.34. The van der Waals surface area contributed by atoms with Crippen molar-refractivity contribution in [2.24, 2.45) is 0 Å². The molecule has 2 heterocycles. The lowest BCUT2D eigenvalue weighted by atomic mass is 10.1. The molecule has 0 saturated carbocycles. The van der Waals surface area contributed by atoms with Gasteiger partial charge in [0.05, 0.1) is 6.54 Å². The first-order chi connectivity index (χ1) is 16.6. The monoisotopic (exact) mass is 477 g/mol. The van der Waals surface area contributed by atoms with Gasteiger partial charge in [-0.25, -0.2) is 0 Å². The number of hydrogen-bond donors (Lipinski definition) is 2. The fourth-order valence-electron chi connectivity index (χ4n) is 4.06. The van der Waals surface area contributed by atoms with E-state index in [1.54, 1.807) is 13.1 Å². The van der Waals surface area contributed by atoms with Gasteiger partial charge in [-0.3, -0.25) is 14.2 Å². The molecule has 1 aromatic carbocycles. The number of nitriles is 1. The number of carbonyl (C=O) groups excluding carboxylic acids is 1. The van der Waals surface area contributed by atoms with Crippen molar-refractivity contribution in [2.45, 2.75) is 45.6 Å². The molecular formula is C26H31N5O2S. The summed E-state index contributed by atoms with van der Waals surface area (Å²) in [6.07, 6.45) is 12.9. The zero-order valence-electron chi connectivity index (χ0n) is 19.6. The molecule has 0 aliphatic carbocycles. The number of piperidine rings is 1. The number of carbonyl (C=O) groups is 1. The largest absolute Gasteiger partial charge is 0.360 e. The second kappa shape index (κ2) is 12.8. The molecule has 3 rings (SSSR count). The number of benzene rings is 1. The zero-order valence-corrected chi connectivity index (χ0v) is 20.4. The van der Waals surface area contributed by atoms with Crippen LogP contribution in [0.15, 0.2) is 29.1 Å². The highest BCUT2D eigenvalue weighted by Crippen LogP contribution is 2.14. The van der Waals surface area contributed by atoms with Gasteiger partial charge in [0.1, 0.15) is 15.3 Å². The number of aromatic nitrogens is 1. The number of aryl methyl sites for hydroxylation is 1. The first-order valence-electron chi connectivity index (χ1n) is 11.7. The number of terminal acetylenes is 1. The molecule has 2 aromatic rings. The van der Waals surface area contributed by atoms with Crippen LogP contribution < -0.4 is 25.4 Å². The van der Waals surface area contributed by atoms with Gasteiger partial charge in [-0.1, -0.05) is 24.5 Å². The summed E-state index contributed by atoms with van der Waals surface area (Å²) in [5.41, 5.74) is 1.78. The summed E-state index contributed by atoms with van der Waals surface area (Å²) in [6.45, 7) is 5.72. The van der Waals surface area contributed by atoms with E-state index < -0.39 is 5.91 Å².